The van der Waals surface area contributed by atoms with Gasteiger partial charge in [-0.25, -0.2) is 0 Å². The number of aromatic nitrogens is 2. The van der Waals surface area contributed by atoms with Crippen molar-refractivity contribution in [3.63, 3.8) is 0 Å². The standard InChI is InChI=1S/C8H4ClIN2S/c9-6-3-1-2-5(4-6)7-11-12-8(10)13-7/h1-4H. The molecule has 0 N–H and O–H groups in total. The first kappa shape index (κ1) is 9.36. The van der Waals surface area contributed by atoms with E-state index in [0.717, 1.165) is 18.6 Å². The number of rotatable bonds is 1. The van der Waals surface area contributed by atoms with Gasteiger partial charge in [0.25, 0.3) is 0 Å². The second-order valence-electron chi connectivity index (χ2n) is 2.37. The molecular weight excluding hydrogens is 319 g/mol. The molecule has 0 fully saturated rings. The van der Waals surface area contributed by atoms with E-state index in [2.05, 4.69) is 32.8 Å². The molecule has 1 aromatic carbocycles. The summed E-state index contributed by atoms with van der Waals surface area (Å²) in [5, 5.41) is 9.60. The fourth-order valence-electron chi connectivity index (χ4n) is 0.943. The Bertz CT molecular complexity index is 430. The first-order chi connectivity index (χ1) is 6.25. The van der Waals surface area contributed by atoms with Crippen LogP contribution in [0.25, 0.3) is 10.6 Å². The summed E-state index contributed by atoms with van der Waals surface area (Å²) >= 11 is 9.56. The lowest BCUT2D eigenvalue weighted by Crippen LogP contribution is -1.75. The van der Waals surface area contributed by atoms with Crippen molar-refractivity contribution in [2.24, 2.45) is 0 Å². The van der Waals surface area contributed by atoms with Crippen LogP contribution in [0.3, 0.4) is 0 Å². The van der Waals surface area contributed by atoms with E-state index in [0.29, 0.717) is 0 Å². The Morgan fingerprint density at radius 1 is 1.31 bits per heavy atom. The summed E-state index contributed by atoms with van der Waals surface area (Å²) in [6, 6.07) is 7.61. The Kier molecular flexibility index (Phi) is 2.80. The molecule has 1 heterocycles. The number of halogens is 2. The van der Waals surface area contributed by atoms with Crippen LogP contribution in [0.4, 0.5) is 0 Å². The van der Waals surface area contributed by atoms with Gasteiger partial charge in [0.1, 0.15) is 5.01 Å². The minimum atomic E-state index is 0.725. The van der Waals surface area contributed by atoms with Gasteiger partial charge in [0.2, 0.25) is 0 Å². The summed E-state index contributed by atoms with van der Waals surface area (Å²) in [5.41, 5.74) is 1.02. The van der Waals surface area contributed by atoms with Crippen molar-refractivity contribution in [1.82, 2.24) is 10.2 Å². The molecule has 2 aromatic rings. The minimum absolute atomic E-state index is 0.725. The van der Waals surface area contributed by atoms with Gasteiger partial charge in [-0.1, -0.05) is 35.1 Å². The quantitative estimate of drug-likeness (QED) is 0.751. The third-order valence-corrected chi connectivity index (χ3v) is 3.34. The van der Waals surface area contributed by atoms with Gasteiger partial charge in [-0.15, -0.1) is 10.2 Å². The van der Waals surface area contributed by atoms with Gasteiger partial charge in [-0.05, 0) is 34.7 Å². The molecule has 2 nitrogen and oxygen atoms in total. The lowest BCUT2D eigenvalue weighted by molar-refractivity contribution is 1.07. The molecule has 0 aliphatic rings. The number of hydrogen-bond acceptors (Lipinski definition) is 3. The maximum absolute atomic E-state index is 5.86. The van der Waals surface area contributed by atoms with Crippen molar-refractivity contribution in [1.29, 1.82) is 0 Å². The molecule has 66 valence electrons. The van der Waals surface area contributed by atoms with Gasteiger partial charge in [-0.2, -0.15) is 0 Å². The minimum Gasteiger partial charge on any atom is -0.137 e. The van der Waals surface area contributed by atoms with Crippen molar-refractivity contribution in [2.45, 2.75) is 0 Å². The molecular formula is C8H4ClIN2S. The van der Waals surface area contributed by atoms with Crippen LogP contribution in [0.15, 0.2) is 24.3 Å². The average molecular weight is 323 g/mol. The maximum Gasteiger partial charge on any atom is 0.178 e. The van der Waals surface area contributed by atoms with Gasteiger partial charge in [0.15, 0.2) is 3.01 Å². The van der Waals surface area contributed by atoms with E-state index in [1.807, 2.05) is 24.3 Å². The number of benzene rings is 1. The highest BCUT2D eigenvalue weighted by Crippen LogP contribution is 2.26. The first-order valence-corrected chi connectivity index (χ1v) is 5.78. The maximum atomic E-state index is 5.86. The van der Waals surface area contributed by atoms with Gasteiger partial charge >= 0.3 is 0 Å². The van der Waals surface area contributed by atoms with Gasteiger partial charge in [0.05, 0.1) is 0 Å². The van der Waals surface area contributed by atoms with Crippen molar-refractivity contribution in [3.05, 3.63) is 32.3 Å². The van der Waals surface area contributed by atoms with E-state index in [-0.39, 0.29) is 0 Å². The van der Waals surface area contributed by atoms with E-state index in [1.165, 1.54) is 0 Å². The van der Waals surface area contributed by atoms with Crippen LogP contribution in [0.5, 0.6) is 0 Å². The van der Waals surface area contributed by atoms with Gasteiger partial charge < -0.3 is 0 Å². The van der Waals surface area contributed by atoms with Crippen molar-refractivity contribution in [2.75, 3.05) is 0 Å². The second kappa shape index (κ2) is 3.89. The molecule has 0 atom stereocenters. The molecule has 0 unspecified atom stereocenters. The molecule has 5 heteroatoms. The zero-order chi connectivity index (χ0) is 9.26. The molecule has 13 heavy (non-hydrogen) atoms. The molecule has 1 aromatic heterocycles. The number of hydrogen-bond donors (Lipinski definition) is 0. The monoisotopic (exact) mass is 322 g/mol. The molecule has 0 amide bonds. The molecule has 0 spiro atoms. The summed E-state index contributed by atoms with van der Waals surface area (Å²) in [6.07, 6.45) is 0. The smallest absolute Gasteiger partial charge is 0.137 e. The predicted molar refractivity (Wildman–Crippen MR) is 63.1 cm³/mol. The predicted octanol–water partition coefficient (Wildman–Crippen LogP) is 3.46. The summed E-state index contributed by atoms with van der Waals surface area (Å²) in [4.78, 5) is 0. The third-order valence-electron chi connectivity index (χ3n) is 1.47. The van der Waals surface area contributed by atoms with E-state index in [4.69, 9.17) is 11.6 Å². The molecule has 0 saturated heterocycles. The average Bonchev–Trinajstić information content (AvgIpc) is 2.52. The van der Waals surface area contributed by atoms with Crippen molar-refractivity contribution in [3.8, 4) is 10.6 Å². The van der Waals surface area contributed by atoms with Crippen LogP contribution in [-0.4, -0.2) is 10.2 Å². The van der Waals surface area contributed by atoms with Crippen molar-refractivity contribution < 1.29 is 0 Å². The Labute approximate surface area is 98.1 Å². The molecule has 0 aliphatic heterocycles. The zero-order valence-electron chi connectivity index (χ0n) is 6.37. The summed E-state index contributed by atoms with van der Waals surface area (Å²) in [6.45, 7) is 0. The fourth-order valence-corrected chi connectivity index (χ4v) is 2.44. The highest BCUT2D eigenvalue weighted by molar-refractivity contribution is 14.1. The van der Waals surface area contributed by atoms with Crippen molar-refractivity contribution >= 4 is 45.5 Å². The molecule has 0 saturated carbocycles. The topological polar surface area (TPSA) is 25.8 Å². The highest BCUT2D eigenvalue weighted by Gasteiger charge is 2.04. The lowest BCUT2D eigenvalue weighted by atomic mass is 10.2. The van der Waals surface area contributed by atoms with Crippen LogP contribution in [-0.2, 0) is 0 Å². The third kappa shape index (κ3) is 2.18. The first-order valence-electron chi connectivity index (χ1n) is 3.50. The van der Waals surface area contributed by atoms with Crippen LogP contribution < -0.4 is 0 Å². The molecule has 0 aliphatic carbocycles. The molecule has 0 radical (unpaired) electrons. The van der Waals surface area contributed by atoms with E-state index in [1.54, 1.807) is 11.3 Å². The Hall–Kier alpha value is -0.200. The Morgan fingerprint density at radius 3 is 2.77 bits per heavy atom. The summed E-state index contributed by atoms with van der Waals surface area (Å²) in [5.74, 6) is 0. The van der Waals surface area contributed by atoms with E-state index >= 15 is 0 Å². The molecule has 0 bridgehead atoms. The van der Waals surface area contributed by atoms with Crippen LogP contribution in [0.2, 0.25) is 5.02 Å². The van der Waals surface area contributed by atoms with Crippen LogP contribution in [0, 0.1) is 3.01 Å². The van der Waals surface area contributed by atoms with Gasteiger partial charge in [-0.3, -0.25) is 0 Å². The lowest BCUT2D eigenvalue weighted by Gasteiger charge is -1.94. The molecule has 2 rings (SSSR count). The van der Waals surface area contributed by atoms with Crippen LogP contribution in [0.1, 0.15) is 0 Å². The van der Waals surface area contributed by atoms with Gasteiger partial charge in [0, 0.05) is 10.6 Å². The largest absolute Gasteiger partial charge is 0.178 e. The normalized spacial score (nSPS) is 10.3. The second-order valence-corrected chi connectivity index (χ2v) is 5.54. The SMILES string of the molecule is Clc1cccc(-c2nnc(I)s2)c1. The summed E-state index contributed by atoms with van der Waals surface area (Å²) in [7, 11) is 0. The van der Waals surface area contributed by atoms with E-state index in [9.17, 15) is 0 Å². The Morgan fingerprint density at radius 2 is 2.15 bits per heavy atom. The Balaban J connectivity index is 2.46. The zero-order valence-corrected chi connectivity index (χ0v) is 10.1. The number of nitrogens with zero attached hydrogens (tertiary/aromatic N) is 2. The fraction of sp³-hybridized carbons (Fsp3) is 0. The van der Waals surface area contributed by atoms with E-state index < -0.39 is 0 Å². The summed E-state index contributed by atoms with van der Waals surface area (Å²) < 4.78 is 0.938. The highest BCUT2D eigenvalue weighted by atomic mass is 127. The van der Waals surface area contributed by atoms with Crippen LogP contribution >= 0.6 is 45.5 Å².